The van der Waals surface area contributed by atoms with Crippen molar-refractivity contribution in [2.24, 2.45) is 0 Å². The molecule has 1 aliphatic heterocycles. The first-order valence-corrected chi connectivity index (χ1v) is 6.03. The normalized spacial score (nSPS) is 19.1. The lowest BCUT2D eigenvalue weighted by molar-refractivity contribution is -0.139. The molecule has 1 aliphatic rings. The molecule has 1 atom stereocenters. The van der Waals surface area contributed by atoms with Crippen LogP contribution in [0.5, 0.6) is 0 Å². The number of fused-ring (bicyclic) bond motifs is 3. The molecule has 3 N–H and O–H groups in total. The number of rotatable bonds is 1. The number of aliphatic carboxylic acids is 1. The van der Waals surface area contributed by atoms with Crippen molar-refractivity contribution in [2.75, 3.05) is 0 Å². The van der Waals surface area contributed by atoms with Gasteiger partial charge in [0, 0.05) is 29.6 Å². The molecule has 3 rings (SSSR count). The van der Waals surface area contributed by atoms with Gasteiger partial charge >= 0.3 is 12.1 Å². The summed E-state index contributed by atoms with van der Waals surface area (Å²) in [5, 5.41) is 12.5. The molecule has 20 heavy (non-hydrogen) atoms. The predicted octanol–water partition coefficient (Wildman–Crippen LogP) is 2.29. The number of benzene rings is 1. The van der Waals surface area contributed by atoms with Gasteiger partial charge in [-0.15, -0.1) is 0 Å². The molecule has 1 aromatic carbocycles. The monoisotopic (exact) mass is 284 g/mol. The zero-order valence-electron chi connectivity index (χ0n) is 10.2. The Balaban J connectivity index is 2.08. The summed E-state index contributed by atoms with van der Waals surface area (Å²) in [5.41, 5.74) is 1.20. The van der Waals surface area contributed by atoms with Gasteiger partial charge in [-0.25, -0.2) is 0 Å². The third-order valence-electron chi connectivity index (χ3n) is 3.55. The topological polar surface area (TPSA) is 65.1 Å². The number of hydrogen-bond acceptors (Lipinski definition) is 2. The van der Waals surface area contributed by atoms with Crippen molar-refractivity contribution in [3.05, 3.63) is 35.0 Å². The molecule has 1 aromatic heterocycles. The van der Waals surface area contributed by atoms with Crippen molar-refractivity contribution >= 4 is 16.9 Å². The second-order valence-corrected chi connectivity index (χ2v) is 4.82. The quantitative estimate of drug-likeness (QED) is 0.752. The van der Waals surface area contributed by atoms with E-state index in [-0.39, 0.29) is 6.42 Å². The molecular formula is C13H11F3N2O2. The van der Waals surface area contributed by atoms with E-state index in [9.17, 15) is 18.0 Å². The minimum atomic E-state index is -4.39. The Morgan fingerprint density at radius 3 is 2.75 bits per heavy atom. The molecule has 0 saturated carbocycles. The molecule has 0 aliphatic carbocycles. The molecule has 0 amide bonds. The standard InChI is InChI=1S/C13H11F3N2O2/c14-13(15,16)6-1-2-7-8-4-10(12(19)20)17-5-11(8)18-9(7)3-6/h1-3,10,17-18H,4-5H2,(H,19,20)/t10-/m0/s1. The lowest BCUT2D eigenvalue weighted by Gasteiger charge is -2.20. The van der Waals surface area contributed by atoms with Crippen molar-refractivity contribution in [3.63, 3.8) is 0 Å². The largest absolute Gasteiger partial charge is 0.480 e. The van der Waals surface area contributed by atoms with E-state index in [2.05, 4.69) is 10.3 Å². The maximum absolute atomic E-state index is 12.7. The van der Waals surface area contributed by atoms with Crippen molar-refractivity contribution in [2.45, 2.75) is 25.2 Å². The van der Waals surface area contributed by atoms with Crippen molar-refractivity contribution in [1.82, 2.24) is 10.3 Å². The highest BCUT2D eigenvalue weighted by atomic mass is 19.4. The minimum absolute atomic E-state index is 0.260. The van der Waals surface area contributed by atoms with E-state index < -0.39 is 23.8 Å². The second kappa shape index (κ2) is 4.24. The highest BCUT2D eigenvalue weighted by Crippen LogP contribution is 2.34. The molecule has 2 aromatic rings. The average molecular weight is 284 g/mol. The van der Waals surface area contributed by atoms with Crippen LogP contribution in [0.2, 0.25) is 0 Å². The Hall–Kier alpha value is -2.02. The van der Waals surface area contributed by atoms with Gasteiger partial charge < -0.3 is 10.1 Å². The van der Waals surface area contributed by atoms with Crippen LogP contribution < -0.4 is 5.32 Å². The van der Waals surface area contributed by atoms with Gasteiger partial charge in [0.2, 0.25) is 0 Å². The first kappa shape index (κ1) is 13.0. The SMILES string of the molecule is O=C(O)[C@@H]1Cc2c([nH]c3cc(C(F)(F)F)ccc23)CN1. The summed E-state index contributed by atoms with van der Waals surface area (Å²) >= 11 is 0. The van der Waals surface area contributed by atoms with Gasteiger partial charge in [-0.2, -0.15) is 13.2 Å². The molecule has 0 spiro atoms. The maximum atomic E-state index is 12.7. The van der Waals surface area contributed by atoms with Crippen LogP contribution in [0.25, 0.3) is 10.9 Å². The molecule has 2 heterocycles. The van der Waals surface area contributed by atoms with Gasteiger partial charge in [-0.05, 0) is 17.7 Å². The molecular weight excluding hydrogens is 273 g/mol. The van der Waals surface area contributed by atoms with Gasteiger partial charge in [0.1, 0.15) is 6.04 Å². The summed E-state index contributed by atoms with van der Waals surface area (Å²) in [6, 6.07) is 2.78. The van der Waals surface area contributed by atoms with Crippen LogP contribution >= 0.6 is 0 Å². The number of H-pyrrole nitrogens is 1. The van der Waals surface area contributed by atoms with Crippen LogP contribution in [0.1, 0.15) is 16.8 Å². The number of hydrogen-bond donors (Lipinski definition) is 3. The minimum Gasteiger partial charge on any atom is -0.480 e. The van der Waals surface area contributed by atoms with Gasteiger partial charge in [0.15, 0.2) is 0 Å². The Morgan fingerprint density at radius 1 is 1.35 bits per heavy atom. The third kappa shape index (κ3) is 2.03. The zero-order chi connectivity index (χ0) is 14.5. The van der Waals surface area contributed by atoms with Crippen molar-refractivity contribution in [1.29, 1.82) is 0 Å². The van der Waals surface area contributed by atoms with Gasteiger partial charge in [-0.3, -0.25) is 10.1 Å². The molecule has 0 unspecified atom stereocenters. The van der Waals surface area contributed by atoms with Gasteiger partial charge in [0.25, 0.3) is 0 Å². The number of carboxylic acid groups (broad SMARTS) is 1. The van der Waals surface area contributed by atoms with Crippen molar-refractivity contribution in [3.8, 4) is 0 Å². The molecule has 0 saturated heterocycles. The fourth-order valence-corrected chi connectivity index (χ4v) is 2.55. The van der Waals surface area contributed by atoms with Crippen LogP contribution in [0.3, 0.4) is 0 Å². The number of halogens is 3. The number of carboxylic acids is 1. The number of alkyl halides is 3. The van der Waals surface area contributed by atoms with E-state index in [0.717, 1.165) is 23.4 Å². The predicted molar refractivity (Wildman–Crippen MR) is 65.3 cm³/mol. The lowest BCUT2D eigenvalue weighted by atomic mass is 9.98. The van der Waals surface area contributed by atoms with E-state index in [1.165, 1.54) is 6.07 Å². The number of nitrogens with one attached hydrogen (secondary N) is 2. The number of carbonyl (C=O) groups is 1. The summed E-state index contributed by atoms with van der Waals surface area (Å²) < 4.78 is 38.0. The fourth-order valence-electron chi connectivity index (χ4n) is 2.55. The fraction of sp³-hybridized carbons (Fsp3) is 0.308. The van der Waals surface area contributed by atoms with E-state index in [1.807, 2.05) is 0 Å². The summed E-state index contributed by atoms with van der Waals surface area (Å²) in [7, 11) is 0. The number of aromatic amines is 1. The Bertz CT molecular complexity index is 691. The van der Waals surface area contributed by atoms with E-state index in [0.29, 0.717) is 17.4 Å². The van der Waals surface area contributed by atoms with Gasteiger partial charge in [0.05, 0.1) is 5.56 Å². The Morgan fingerprint density at radius 2 is 2.10 bits per heavy atom. The zero-order valence-corrected chi connectivity index (χ0v) is 10.2. The average Bonchev–Trinajstić information content (AvgIpc) is 2.74. The van der Waals surface area contributed by atoms with Crippen LogP contribution in [0.4, 0.5) is 13.2 Å². The first-order valence-electron chi connectivity index (χ1n) is 6.03. The summed E-state index contributed by atoms with van der Waals surface area (Å²) in [5.74, 6) is -0.961. The second-order valence-electron chi connectivity index (χ2n) is 4.82. The highest BCUT2D eigenvalue weighted by molar-refractivity contribution is 5.87. The number of aromatic nitrogens is 1. The van der Waals surface area contributed by atoms with Crippen molar-refractivity contribution < 1.29 is 23.1 Å². The lowest BCUT2D eigenvalue weighted by Crippen LogP contribution is -2.41. The van der Waals surface area contributed by atoms with E-state index >= 15 is 0 Å². The smallest absolute Gasteiger partial charge is 0.416 e. The Kier molecular flexibility index (Phi) is 2.75. The molecule has 0 fully saturated rings. The Labute approximate surface area is 111 Å². The summed E-state index contributed by atoms with van der Waals surface area (Å²) in [4.78, 5) is 13.9. The molecule has 106 valence electrons. The van der Waals surface area contributed by atoms with Crippen LogP contribution in [0.15, 0.2) is 18.2 Å². The van der Waals surface area contributed by atoms with E-state index in [4.69, 9.17) is 5.11 Å². The first-order chi connectivity index (χ1) is 9.36. The summed E-state index contributed by atoms with van der Waals surface area (Å²) in [6.07, 6.45) is -4.13. The molecule has 4 nitrogen and oxygen atoms in total. The maximum Gasteiger partial charge on any atom is 0.416 e. The van der Waals surface area contributed by atoms with Gasteiger partial charge in [-0.1, -0.05) is 6.07 Å². The molecule has 7 heteroatoms. The third-order valence-corrected chi connectivity index (χ3v) is 3.55. The molecule has 0 bridgehead atoms. The summed E-state index contributed by atoms with van der Waals surface area (Å²) in [6.45, 7) is 0.308. The van der Waals surface area contributed by atoms with Crippen LogP contribution in [0, 0.1) is 0 Å². The van der Waals surface area contributed by atoms with Crippen LogP contribution in [-0.2, 0) is 23.9 Å². The highest BCUT2D eigenvalue weighted by Gasteiger charge is 2.32. The van der Waals surface area contributed by atoms with E-state index in [1.54, 1.807) is 0 Å². The molecule has 0 radical (unpaired) electrons. The van der Waals surface area contributed by atoms with Crippen LogP contribution in [-0.4, -0.2) is 22.1 Å².